The van der Waals surface area contributed by atoms with Crippen LogP contribution in [0.4, 0.5) is 0 Å². The standard InChI is InChI=1S/C15H16ClN3O4S/c1-9-14(10(2)23-18-9)24(21,22)19-8-7-17-15(20)13(19)11-5-3-4-6-12(11)16/h3-6,13H,7-8H2,1-2H3,(H,17,20). The van der Waals surface area contributed by atoms with E-state index in [1.165, 1.54) is 6.92 Å². The van der Waals surface area contributed by atoms with Crippen LogP contribution in [0.3, 0.4) is 0 Å². The van der Waals surface area contributed by atoms with Gasteiger partial charge in [0.15, 0.2) is 5.76 Å². The molecule has 1 N–H and O–H groups in total. The smallest absolute Gasteiger partial charge is 0.249 e. The third-order valence-electron chi connectivity index (χ3n) is 3.90. The summed E-state index contributed by atoms with van der Waals surface area (Å²) in [6, 6.07) is 5.67. The molecule has 1 aliphatic heterocycles. The van der Waals surface area contributed by atoms with Crippen molar-refractivity contribution in [1.29, 1.82) is 0 Å². The van der Waals surface area contributed by atoms with Gasteiger partial charge in [0.2, 0.25) is 15.9 Å². The lowest BCUT2D eigenvalue weighted by Crippen LogP contribution is -2.52. The molecule has 2 heterocycles. The summed E-state index contributed by atoms with van der Waals surface area (Å²) in [7, 11) is -3.97. The van der Waals surface area contributed by atoms with E-state index in [4.69, 9.17) is 16.1 Å². The number of halogens is 1. The molecule has 1 fully saturated rings. The minimum Gasteiger partial charge on any atom is -0.360 e. The molecule has 1 amide bonds. The van der Waals surface area contributed by atoms with Gasteiger partial charge in [0.05, 0.1) is 0 Å². The number of carbonyl (C=O) groups excluding carboxylic acids is 1. The molecule has 128 valence electrons. The van der Waals surface area contributed by atoms with Crippen LogP contribution in [0.2, 0.25) is 5.02 Å². The second-order valence-corrected chi connectivity index (χ2v) is 7.72. The maximum absolute atomic E-state index is 13.1. The zero-order chi connectivity index (χ0) is 17.5. The molecule has 0 bridgehead atoms. The van der Waals surface area contributed by atoms with Crippen molar-refractivity contribution in [3.05, 3.63) is 46.3 Å². The summed E-state index contributed by atoms with van der Waals surface area (Å²) >= 11 is 6.19. The highest BCUT2D eigenvalue weighted by molar-refractivity contribution is 7.89. The van der Waals surface area contributed by atoms with Crippen molar-refractivity contribution in [2.75, 3.05) is 13.1 Å². The third-order valence-corrected chi connectivity index (χ3v) is 6.36. The normalized spacial score (nSPS) is 19.3. The molecule has 1 atom stereocenters. The zero-order valence-corrected chi connectivity index (χ0v) is 14.7. The van der Waals surface area contributed by atoms with E-state index in [1.54, 1.807) is 31.2 Å². The van der Waals surface area contributed by atoms with Crippen molar-refractivity contribution in [2.24, 2.45) is 0 Å². The Balaban J connectivity index is 2.14. The van der Waals surface area contributed by atoms with Gasteiger partial charge in [-0.05, 0) is 25.5 Å². The van der Waals surface area contributed by atoms with E-state index in [1.807, 2.05) is 0 Å². The SMILES string of the molecule is Cc1noc(C)c1S(=O)(=O)N1CCNC(=O)C1c1ccccc1Cl. The molecule has 0 radical (unpaired) electrons. The van der Waals surface area contributed by atoms with E-state index < -0.39 is 22.0 Å². The summed E-state index contributed by atoms with van der Waals surface area (Å²) in [6.45, 7) is 3.44. The summed E-state index contributed by atoms with van der Waals surface area (Å²) in [5.41, 5.74) is 0.697. The van der Waals surface area contributed by atoms with Crippen LogP contribution in [0.5, 0.6) is 0 Å². The Labute approximate surface area is 144 Å². The number of sulfonamides is 1. The van der Waals surface area contributed by atoms with Gasteiger partial charge in [-0.25, -0.2) is 8.42 Å². The van der Waals surface area contributed by atoms with Crippen LogP contribution in [0.25, 0.3) is 0 Å². The number of carbonyl (C=O) groups is 1. The Kier molecular flexibility index (Phi) is 4.37. The van der Waals surface area contributed by atoms with Crippen LogP contribution in [-0.2, 0) is 14.8 Å². The number of hydrogen-bond acceptors (Lipinski definition) is 5. The number of amides is 1. The number of hydrogen-bond donors (Lipinski definition) is 1. The van der Waals surface area contributed by atoms with Gasteiger partial charge >= 0.3 is 0 Å². The number of aromatic nitrogens is 1. The van der Waals surface area contributed by atoms with E-state index >= 15 is 0 Å². The van der Waals surface area contributed by atoms with Gasteiger partial charge in [0.25, 0.3) is 0 Å². The van der Waals surface area contributed by atoms with E-state index in [9.17, 15) is 13.2 Å². The molecule has 24 heavy (non-hydrogen) atoms. The molecule has 0 aliphatic carbocycles. The van der Waals surface area contributed by atoms with Gasteiger partial charge in [-0.1, -0.05) is 35.0 Å². The fourth-order valence-electron chi connectivity index (χ4n) is 2.86. The molecule has 1 aromatic heterocycles. The Hall–Kier alpha value is -1.90. The molecule has 1 aliphatic rings. The molecule has 1 aromatic carbocycles. The molecule has 3 rings (SSSR count). The first-order valence-corrected chi connectivity index (χ1v) is 9.12. The predicted molar refractivity (Wildman–Crippen MR) is 87.1 cm³/mol. The van der Waals surface area contributed by atoms with Crippen LogP contribution < -0.4 is 5.32 Å². The van der Waals surface area contributed by atoms with Gasteiger partial charge in [0.1, 0.15) is 16.6 Å². The fraction of sp³-hybridized carbons (Fsp3) is 0.333. The summed E-state index contributed by atoms with van der Waals surface area (Å²) < 4.78 is 32.4. The molecular formula is C15H16ClN3O4S. The monoisotopic (exact) mass is 369 g/mol. The van der Waals surface area contributed by atoms with Crippen LogP contribution in [0.1, 0.15) is 23.1 Å². The summed E-state index contributed by atoms with van der Waals surface area (Å²) in [4.78, 5) is 12.4. The number of benzene rings is 1. The minimum absolute atomic E-state index is 0.00532. The van der Waals surface area contributed by atoms with Gasteiger partial charge in [-0.15, -0.1) is 0 Å². The molecule has 1 saturated heterocycles. The molecule has 7 nitrogen and oxygen atoms in total. The molecular weight excluding hydrogens is 354 g/mol. The van der Waals surface area contributed by atoms with Gasteiger partial charge in [-0.2, -0.15) is 4.31 Å². The van der Waals surface area contributed by atoms with E-state index in [0.717, 1.165) is 4.31 Å². The molecule has 9 heteroatoms. The summed E-state index contributed by atoms with van der Waals surface area (Å²) in [5.74, 6) is -0.221. The summed E-state index contributed by atoms with van der Waals surface area (Å²) in [5, 5.41) is 6.73. The first kappa shape index (κ1) is 16.9. The van der Waals surface area contributed by atoms with Crippen molar-refractivity contribution in [2.45, 2.75) is 24.8 Å². The van der Waals surface area contributed by atoms with Gasteiger partial charge < -0.3 is 9.84 Å². The average Bonchev–Trinajstić information content (AvgIpc) is 2.87. The molecule has 1 unspecified atom stereocenters. The minimum atomic E-state index is -3.97. The molecule has 0 saturated carbocycles. The van der Waals surface area contributed by atoms with Crippen molar-refractivity contribution < 1.29 is 17.7 Å². The van der Waals surface area contributed by atoms with Gasteiger partial charge in [-0.3, -0.25) is 4.79 Å². The number of nitrogens with one attached hydrogen (secondary N) is 1. The Bertz CT molecular complexity index is 874. The van der Waals surface area contributed by atoms with E-state index in [2.05, 4.69) is 10.5 Å². The Morgan fingerprint density at radius 3 is 2.67 bits per heavy atom. The second-order valence-electron chi connectivity index (χ2n) is 5.48. The van der Waals surface area contributed by atoms with Crippen molar-refractivity contribution in [1.82, 2.24) is 14.8 Å². The quantitative estimate of drug-likeness (QED) is 0.890. The lowest BCUT2D eigenvalue weighted by atomic mass is 10.0. The second kappa shape index (κ2) is 6.19. The molecule has 2 aromatic rings. The van der Waals surface area contributed by atoms with Crippen LogP contribution in [-0.4, -0.2) is 36.9 Å². The van der Waals surface area contributed by atoms with E-state index in [-0.39, 0.29) is 29.4 Å². The average molecular weight is 370 g/mol. The zero-order valence-electron chi connectivity index (χ0n) is 13.1. The number of piperazine rings is 1. The maximum atomic E-state index is 13.1. The first-order chi connectivity index (χ1) is 11.3. The highest BCUT2D eigenvalue weighted by Gasteiger charge is 2.42. The Morgan fingerprint density at radius 2 is 2.04 bits per heavy atom. The van der Waals surface area contributed by atoms with Crippen molar-refractivity contribution in [3.8, 4) is 0 Å². The largest absolute Gasteiger partial charge is 0.360 e. The van der Waals surface area contributed by atoms with Crippen LogP contribution in [0.15, 0.2) is 33.7 Å². The van der Waals surface area contributed by atoms with Crippen molar-refractivity contribution in [3.63, 3.8) is 0 Å². The first-order valence-electron chi connectivity index (χ1n) is 7.31. The summed E-state index contributed by atoms with van der Waals surface area (Å²) in [6.07, 6.45) is 0. The number of rotatable bonds is 3. The van der Waals surface area contributed by atoms with Crippen LogP contribution >= 0.6 is 11.6 Å². The maximum Gasteiger partial charge on any atom is 0.249 e. The predicted octanol–water partition coefficient (Wildman–Crippen LogP) is 1.81. The molecule has 0 spiro atoms. The van der Waals surface area contributed by atoms with Crippen molar-refractivity contribution >= 4 is 27.5 Å². The van der Waals surface area contributed by atoms with E-state index in [0.29, 0.717) is 10.6 Å². The van der Waals surface area contributed by atoms with Crippen LogP contribution in [0, 0.1) is 13.8 Å². The topological polar surface area (TPSA) is 92.5 Å². The number of aryl methyl sites for hydroxylation is 2. The third kappa shape index (κ3) is 2.70. The number of nitrogens with zero attached hydrogens (tertiary/aromatic N) is 2. The Morgan fingerprint density at radius 1 is 1.33 bits per heavy atom. The lowest BCUT2D eigenvalue weighted by molar-refractivity contribution is -0.126. The highest BCUT2D eigenvalue weighted by Crippen LogP contribution is 2.34. The fourth-order valence-corrected chi connectivity index (χ4v) is 4.96. The highest BCUT2D eigenvalue weighted by atomic mass is 35.5. The lowest BCUT2D eigenvalue weighted by Gasteiger charge is -2.34. The van der Waals surface area contributed by atoms with Gasteiger partial charge in [0, 0.05) is 18.1 Å².